The Morgan fingerprint density at radius 2 is 2.17 bits per heavy atom. The first-order valence-corrected chi connectivity index (χ1v) is 7.42. The molecule has 6 heteroatoms. The van der Waals surface area contributed by atoms with Crippen LogP contribution in [0.15, 0.2) is 41.0 Å². The molecule has 2 N–H and O–H groups in total. The monoisotopic (exact) mass is 320 g/mol. The van der Waals surface area contributed by atoms with Crippen molar-refractivity contribution in [3.63, 3.8) is 0 Å². The lowest BCUT2D eigenvalue weighted by Crippen LogP contribution is -2.22. The fourth-order valence-corrected chi connectivity index (χ4v) is 1.93. The molecule has 0 bridgehead atoms. The minimum Gasteiger partial charge on any atom is -0.493 e. The molecule has 1 heterocycles. The Hall–Kier alpha value is -2.31. The smallest absolute Gasteiger partial charge is 0.338 e. The van der Waals surface area contributed by atoms with Gasteiger partial charge in [-0.1, -0.05) is 6.92 Å². The zero-order valence-electron chi connectivity index (χ0n) is 12.9. The van der Waals surface area contributed by atoms with Crippen LogP contribution in [0.2, 0.25) is 0 Å². The summed E-state index contributed by atoms with van der Waals surface area (Å²) in [6.07, 6.45) is 1.32. The minimum atomic E-state index is -1.09. The molecule has 1 aromatic carbocycles. The maximum atomic E-state index is 12.0. The predicted molar refractivity (Wildman–Crippen MR) is 83.3 cm³/mol. The number of aliphatic hydroxyl groups excluding tert-OH is 2. The van der Waals surface area contributed by atoms with E-state index in [4.69, 9.17) is 19.0 Å². The third-order valence-electron chi connectivity index (χ3n) is 3.08. The first kappa shape index (κ1) is 17.1. The predicted octanol–water partition coefficient (Wildman–Crippen LogP) is 2.25. The van der Waals surface area contributed by atoms with Crippen molar-refractivity contribution in [2.24, 2.45) is 0 Å². The Balaban J connectivity index is 2.22. The average molecular weight is 320 g/mol. The van der Waals surface area contributed by atoms with Gasteiger partial charge >= 0.3 is 5.97 Å². The molecule has 0 aliphatic heterocycles. The Labute approximate surface area is 134 Å². The van der Waals surface area contributed by atoms with Gasteiger partial charge in [-0.15, -0.1) is 0 Å². The van der Waals surface area contributed by atoms with Crippen molar-refractivity contribution in [2.75, 3.05) is 19.8 Å². The van der Waals surface area contributed by atoms with Crippen LogP contribution in [0.5, 0.6) is 5.75 Å². The number of hydrogen-bond acceptors (Lipinski definition) is 6. The van der Waals surface area contributed by atoms with Gasteiger partial charge < -0.3 is 24.1 Å². The van der Waals surface area contributed by atoms with E-state index in [9.17, 15) is 9.90 Å². The summed E-state index contributed by atoms with van der Waals surface area (Å²) >= 11 is 0. The van der Waals surface area contributed by atoms with E-state index in [-0.39, 0.29) is 6.61 Å². The van der Waals surface area contributed by atoms with E-state index in [0.717, 1.165) is 6.42 Å². The van der Waals surface area contributed by atoms with Gasteiger partial charge in [0.15, 0.2) is 0 Å². The molecule has 23 heavy (non-hydrogen) atoms. The quantitative estimate of drug-likeness (QED) is 0.725. The van der Waals surface area contributed by atoms with Crippen LogP contribution in [-0.4, -0.2) is 42.1 Å². The van der Waals surface area contributed by atoms with Crippen LogP contribution in [0.3, 0.4) is 0 Å². The molecule has 0 amide bonds. The number of furan rings is 1. The van der Waals surface area contributed by atoms with Crippen LogP contribution in [0.1, 0.15) is 23.7 Å². The third kappa shape index (κ3) is 4.58. The molecule has 0 aliphatic rings. The van der Waals surface area contributed by atoms with Crippen LogP contribution >= 0.6 is 0 Å². The van der Waals surface area contributed by atoms with Crippen molar-refractivity contribution in [2.45, 2.75) is 19.4 Å². The topological polar surface area (TPSA) is 89.1 Å². The molecule has 0 saturated heterocycles. The highest BCUT2D eigenvalue weighted by molar-refractivity contribution is 5.91. The van der Waals surface area contributed by atoms with E-state index in [0.29, 0.717) is 29.2 Å². The van der Waals surface area contributed by atoms with Crippen molar-refractivity contribution in [1.29, 1.82) is 0 Å². The van der Waals surface area contributed by atoms with E-state index in [1.54, 1.807) is 36.6 Å². The summed E-state index contributed by atoms with van der Waals surface area (Å²) < 4.78 is 16.0. The van der Waals surface area contributed by atoms with Crippen molar-refractivity contribution in [3.8, 4) is 17.1 Å². The zero-order chi connectivity index (χ0) is 16.7. The largest absolute Gasteiger partial charge is 0.493 e. The molecule has 0 radical (unpaired) electrons. The SMILES string of the molecule is CCCOc1ccc(C(=O)OCC(O)CO)cc1-c1ccco1. The first-order chi connectivity index (χ1) is 11.2. The van der Waals surface area contributed by atoms with Gasteiger partial charge in [0.1, 0.15) is 24.2 Å². The zero-order valence-corrected chi connectivity index (χ0v) is 12.9. The summed E-state index contributed by atoms with van der Waals surface area (Å²) in [5.74, 6) is 0.613. The van der Waals surface area contributed by atoms with Crippen LogP contribution in [0.4, 0.5) is 0 Å². The second-order valence-corrected chi connectivity index (χ2v) is 4.97. The van der Waals surface area contributed by atoms with Crippen molar-refractivity contribution in [1.82, 2.24) is 0 Å². The summed E-state index contributed by atoms with van der Waals surface area (Å²) in [6.45, 7) is 1.83. The van der Waals surface area contributed by atoms with Crippen LogP contribution < -0.4 is 4.74 Å². The van der Waals surface area contributed by atoms with Crippen LogP contribution in [-0.2, 0) is 4.74 Å². The van der Waals surface area contributed by atoms with E-state index < -0.39 is 18.7 Å². The molecule has 0 fully saturated rings. The standard InChI is InChI=1S/C17H20O6/c1-2-7-21-16-6-5-12(17(20)23-11-13(19)10-18)9-14(16)15-4-3-8-22-15/h3-6,8-9,13,18-19H,2,7,10-11H2,1H3. The van der Waals surface area contributed by atoms with Gasteiger partial charge in [-0.25, -0.2) is 4.79 Å². The summed E-state index contributed by atoms with van der Waals surface area (Å²) in [7, 11) is 0. The number of rotatable bonds is 8. The fourth-order valence-electron chi connectivity index (χ4n) is 1.93. The Morgan fingerprint density at radius 3 is 2.83 bits per heavy atom. The van der Waals surface area contributed by atoms with Gasteiger partial charge in [-0.2, -0.15) is 0 Å². The Bertz CT molecular complexity index is 620. The van der Waals surface area contributed by atoms with Crippen LogP contribution in [0, 0.1) is 0 Å². The summed E-state index contributed by atoms with van der Waals surface area (Å²) in [6, 6.07) is 8.43. The molecule has 0 spiro atoms. The van der Waals surface area contributed by atoms with Crippen molar-refractivity contribution < 1.29 is 28.9 Å². The average Bonchev–Trinajstić information content (AvgIpc) is 3.11. The van der Waals surface area contributed by atoms with Gasteiger partial charge in [0.05, 0.1) is 30.6 Å². The maximum Gasteiger partial charge on any atom is 0.338 e. The molecule has 2 rings (SSSR count). The van der Waals surface area contributed by atoms with Gasteiger partial charge in [-0.3, -0.25) is 0 Å². The lowest BCUT2D eigenvalue weighted by molar-refractivity contribution is 0.00933. The number of hydrogen-bond donors (Lipinski definition) is 2. The number of aliphatic hydroxyl groups is 2. The molecule has 1 unspecified atom stereocenters. The van der Waals surface area contributed by atoms with Crippen LogP contribution in [0.25, 0.3) is 11.3 Å². The molecular formula is C17H20O6. The lowest BCUT2D eigenvalue weighted by atomic mass is 10.1. The highest BCUT2D eigenvalue weighted by atomic mass is 16.5. The molecular weight excluding hydrogens is 300 g/mol. The summed E-state index contributed by atoms with van der Waals surface area (Å²) in [4.78, 5) is 12.0. The first-order valence-electron chi connectivity index (χ1n) is 7.42. The minimum absolute atomic E-state index is 0.264. The van der Waals surface area contributed by atoms with Gasteiger partial charge in [0.2, 0.25) is 0 Å². The normalized spacial score (nSPS) is 12.0. The van der Waals surface area contributed by atoms with Crippen molar-refractivity contribution >= 4 is 5.97 Å². The number of carbonyl (C=O) groups excluding carboxylic acids is 1. The summed E-state index contributed by atoms with van der Waals surface area (Å²) in [5.41, 5.74) is 0.964. The highest BCUT2D eigenvalue weighted by Crippen LogP contribution is 2.31. The summed E-state index contributed by atoms with van der Waals surface area (Å²) in [5, 5.41) is 18.0. The molecule has 0 saturated carbocycles. The molecule has 6 nitrogen and oxygen atoms in total. The highest BCUT2D eigenvalue weighted by Gasteiger charge is 2.16. The van der Waals surface area contributed by atoms with E-state index in [1.807, 2.05) is 6.92 Å². The fraction of sp³-hybridized carbons (Fsp3) is 0.353. The van der Waals surface area contributed by atoms with Gasteiger partial charge in [0.25, 0.3) is 0 Å². The Kier molecular flexibility index (Phi) is 6.19. The van der Waals surface area contributed by atoms with Crippen molar-refractivity contribution in [3.05, 3.63) is 42.2 Å². The molecule has 1 atom stereocenters. The number of benzene rings is 1. The molecule has 2 aromatic rings. The number of esters is 1. The number of carbonyl (C=O) groups is 1. The maximum absolute atomic E-state index is 12.0. The second-order valence-electron chi connectivity index (χ2n) is 4.97. The molecule has 1 aromatic heterocycles. The second kappa shape index (κ2) is 8.36. The Morgan fingerprint density at radius 1 is 1.35 bits per heavy atom. The van der Waals surface area contributed by atoms with E-state index in [2.05, 4.69) is 0 Å². The van der Waals surface area contributed by atoms with Gasteiger partial charge in [0, 0.05) is 0 Å². The molecule has 124 valence electrons. The van der Waals surface area contributed by atoms with E-state index in [1.165, 1.54) is 0 Å². The lowest BCUT2D eigenvalue weighted by Gasteiger charge is -2.12. The number of ether oxygens (including phenoxy) is 2. The van der Waals surface area contributed by atoms with E-state index >= 15 is 0 Å². The third-order valence-corrected chi connectivity index (χ3v) is 3.08. The molecule has 0 aliphatic carbocycles. The van der Waals surface area contributed by atoms with Gasteiger partial charge in [-0.05, 0) is 36.8 Å².